The second-order valence-electron chi connectivity index (χ2n) is 2.85. The van der Waals surface area contributed by atoms with Crippen molar-refractivity contribution >= 4 is 10.1 Å². The number of hydrogen-bond donors (Lipinski definition) is 1. The third-order valence-electron chi connectivity index (χ3n) is 1.40. The van der Waals surface area contributed by atoms with Crippen LogP contribution in [0.25, 0.3) is 0 Å². The Hall–Kier alpha value is 0.583. The van der Waals surface area contributed by atoms with E-state index in [4.69, 9.17) is 13.0 Å². The summed E-state index contributed by atoms with van der Waals surface area (Å²) in [7, 11) is -5.84. The first kappa shape index (κ1) is 21.9. The summed E-state index contributed by atoms with van der Waals surface area (Å²) in [6.45, 7) is 0. The molecule has 0 aromatic rings. The van der Waals surface area contributed by atoms with Crippen LogP contribution in [0, 0.1) is 64.2 Å². The van der Waals surface area contributed by atoms with Crippen LogP contribution in [-0.4, -0.2) is 18.5 Å². The average molecular weight is 371 g/mol. The van der Waals surface area contributed by atoms with Gasteiger partial charge in [0, 0.05) is 0 Å². The van der Waals surface area contributed by atoms with Gasteiger partial charge in [-0.05, 0) is 64.2 Å². The summed E-state index contributed by atoms with van der Waals surface area (Å²) in [5.74, 6) is 0. The number of hydrogen-bond acceptors (Lipinski definition) is 2. The van der Waals surface area contributed by atoms with Crippen LogP contribution < -0.4 is 0 Å². The predicted molar refractivity (Wildman–Crippen MR) is 60.6 cm³/mol. The molecule has 0 aromatic carbocycles. The van der Waals surface area contributed by atoms with Crippen LogP contribution in [0.5, 0.6) is 0 Å². The van der Waals surface area contributed by atoms with E-state index in [1.54, 1.807) is 0 Å². The Kier molecular flexibility index (Phi) is 13.0. The molecule has 0 unspecified atom stereocenters. The molecule has 0 heterocycles. The minimum absolute atomic E-state index is 0. The Balaban J connectivity index is 0. The summed E-state index contributed by atoms with van der Waals surface area (Å²) in [5, 5.41) is 0. The van der Waals surface area contributed by atoms with Gasteiger partial charge in [0.05, 0.1) is 0 Å². The number of rotatable bonds is 0. The fourth-order valence-electron chi connectivity index (χ4n) is 0.642. The second-order valence-corrected chi connectivity index (χ2v) is 4.26. The van der Waals surface area contributed by atoms with Gasteiger partial charge in [-0.3, -0.25) is 4.55 Å². The van der Waals surface area contributed by atoms with Gasteiger partial charge in [0.2, 0.25) is 0 Å². The number of halogens is 3. The van der Waals surface area contributed by atoms with Gasteiger partial charge in [-0.2, -0.15) is 21.6 Å². The van der Waals surface area contributed by atoms with Crippen LogP contribution in [0.1, 0.15) is 0 Å². The largest absolute Gasteiger partial charge is 2.00 e. The van der Waals surface area contributed by atoms with E-state index in [0.717, 1.165) is 0 Å². The van der Waals surface area contributed by atoms with E-state index in [2.05, 4.69) is 0 Å². The second kappa shape index (κ2) is 11.3. The third-order valence-corrected chi connectivity index (χ3v) is 1.99. The summed E-state index contributed by atoms with van der Waals surface area (Å²) < 4.78 is 57.5. The Morgan fingerprint density at radius 3 is 0.842 bits per heavy atom. The fourth-order valence-corrected chi connectivity index (χ4v) is 0.642. The van der Waals surface area contributed by atoms with E-state index in [0.29, 0.717) is 0 Å². The van der Waals surface area contributed by atoms with Crippen LogP contribution in [0.3, 0.4) is 0 Å². The molecule has 2 fully saturated rings. The minimum Gasteiger partial charge on any atom is -0.279 e. The maximum Gasteiger partial charge on any atom is 2.00 e. The Bertz CT molecular complexity index is 272. The molecular formula is C11H11F3O3SZr+2. The molecule has 2 rings (SSSR count). The van der Waals surface area contributed by atoms with Crippen molar-refractivity contribution in [3.05, 3.63) is 64.2 Å². The Morgan fingerprint density at radius 2 is 0.789 bits per heavy atom. The maximum atomic E-state index is 10.7. The van der Waals surface area contributed by atoms with E-state index < -0.39 is 15.6 Å². The zero-order valence-electron chi connectivity index (χ0n) is 9.58. The molecule has 0 aromatic heterocycles. The van der Waals surface area contributed by atoms with Gasteiger partial charge in [0.15, 0.2) is 0 Å². The molecule has 0 atom stereocenters. The maximum absolute atomic E-state index is 10.7. The normalized spacial score (nSPS) is 18.5. The number of alkyl halides is 3. The van der Waals surface area contributed by atoms with Crippen molar-refractivity contribution in [2.75, 3.05) is 0 Å². The summed E-state index contributed by atoms with van der Waals surface area (Å²) in [6, 6.07) is 0. The van der Waals surface area contributed by atoms with Crippen molar-refractivity contribution in [3.8, 4) is 0 Å². The van der Waals surface area contributed by atoms with E-state index in [1.165, 1.54) is 0 Å². The minimum atomic E-state index is -5.84. The summed E-state index contributed by atoms with van der Waals surface area (Å²) >= 11 is 0. The summed E-state index contributed by atoms with van der Waals surface area (Å²) in [6.07, 6.45) is 20.0. The molecule has 102 valence electrons. The quantitative estimate of drug-likeness (QED) is 0.526. The van der Waals surface area contributed by atoms with Crippen LogP contribution in [-0.2, 0) is 36.3 Å². The van der Waals surface area contributed by atoms with Gasteiger partial charge in [-0.1, -0.05) is 0 Å². The Morgan fingerprint density at radius 1 is 0.684 bits per heavy atom. The molecule has 0 aliphatic heterocycles. The summed E-state index contributed by atoms with van der Waals surface area (Å²) in [4.78, 5) is 0. The molecular weight excluding hydrogens is 360 g/mol. The molecule has 1 N–H and O–H groups in total. The molecule has 0 saturated heterocycles. The molecule has 2 aliphatic rings. The van der Waals surface area contributed by atoms with Gasteiger partial charge in [0.25, 0.3) is 0 Å². The molecule has 0 bridgehead atoms. The van der Waals surface area contributed by atoms with Crippen molar-refractivity contribution in [1.82, 2.24) is 0 Å². The van der Waals surface area contributed by atoms with Gasteiger partial charge >= 0.3 is 41.8 Å². The monoisotopic (exact) mass is 370 g/mol. The van der Waals surface area contributed by atoms with Gasteiger partial charge in [-0.25, -0.2) is 0 Å². The van der Waals surface area contributed by atoms with Crippen molar-refractivity contribution in [1.29, 1.82) is 0 Å². The molecule has 2 aliphatic carbocycles. The molecule has 0 amide bonds. The van der Waals surface area contributed by atoms with E-state index in [1.807, 2.05) is 64.2 Å². The SMILES string of the molecule is O=S(=O)(O)C(F)(F)F.[CH]1[CH][CH][CH][CH]1.[CH]1[CH][CH][CH][CH]1.[Zr+2]. The van der Waals surface area contributed by atoms with Crippen molar-refractivity contribution in [3.63, 3.8) is 0 Å². The van der Waals surface area contributed by atoms with E-state index in [9.17, 15) is 13.2 Å². The zero-order chi connectivity index (χ0) is 14.1. The third kappa shape index (κ3) is 13.3. The smallest absolute Gasteiger partial charge is 0.279 e. The van der Waals surface area contributed by atoms with Crippen LogP contribution in [0.15, 0.2) is 0 Å². The standard InChI is InChI=1S/2C5H5.CHF3O3S.Zr/c2*1-2-4-5-3-1;2-1(3,4)8(5,6)7;/h2*1-5H;(H,5,6,7);/q;;;+2. The zero-order valence-corrected chi connectivity index (χ0v) is 12.9. The molecule has 10 radical (unpaired) electrons. The Labute approximate surface area is 132 Å². The van der Waals surface area contributed by atoms with Crippen LogP contribution >= 0.6 is 0 Å². The fraction of sp³-hybridized carbons (Fsp3) is 0.0909. The summed E-state index contributed by atoms with van der Waals surface area (Å²) in [5.41, 5.74) is -5.53. The van der Waals surface area contributed by atoms with Crippen molar-refractivity contribution in [2.24, 2.45) is 0 Å². The molecule has 19 heavy (non-hydrogen) atoms. The molecule has 0 spiro atoms. The van der Waals surface area contributed by atoms with E-state index >= 15 is 0 Å². The average Bonchev–Trinajstić information content (AvgIpc) is 2.95. The van der Waals surface area contributed by atoms with Gasteiger partial charge in [-0.15, -0.1) is 0 Å². The molecule has 8 heteroatoms. The molecule has 2 saturated carbocycles. The van der Waals surface area contributed by atoms with Gasteiger partial charge in [0.1, 0.15) is 0 Å². The van der Waals surface area contributed by atoms with Crippen LogP contribution in [0.2, 0.25) is 0 Å². The first-order valence-corrected chi connectivity index (χ1v) is 6.06. The first-order valence-electron chi connectivity index (χ1n) is 4.62. The predicted octanol–water partition coefficient (Wildman–Crippen LogP) is 2.43. The van der Waals surface area contributed by atoms with E-state index in [-0.39, 0.29) is 26.2 Å². The van der Waals surface area contributed by atoms with Crippen molar-refractivity contribution < 1.29 is 52.3 Å². The topological polar surface area (TPSA) is 54.4 Å². The van der Waals surface area contributed by atoms with Gasteiger partial charge < -0.3 is 0 Å². The van der Waals surface area contributed by atoms with Crippen molar-refractivity contribution in [2.45, 2.75) is 5.51 Å². The first-order chi connectivity index (χ1) is 8.25. The van der Waals surface area contributed by atoms with Crippen LogP contribution in [0.4, 0.5) is 13.2 Å². The molecule has 3 nitrogen and oxygen atoms in total.